The highest BCUT2D eigenvalue weighted by Crippen LogP contribution is 2.26. The van der Waals surface area contributed by atoms with Gasteiger partial charge in [-0.25, -0.2) is 13.4 Å². The van der Waals surface area contributed by atoms with E-state index in [0.717, 1.165) is 12.8 Å². The number of nitrogens with zero attached hydrogens (tertiary/aromatic N) is 2. The van der Waals surface area contributed by atoms with Crippen LogP contribution in [-0.2, 0) is 10.0 Å². The summed E-state index contributed by atoms with van der Waals surface area (Å²) in [5, 5.41) is 2.65. The zero-order valence-electron chi connectivity index (χ0n) is 14.1. The van der Waals surface area contributed by atoms with Crippen LogP contribution in [0.2, 0.25) is 0 Å². The van der Waals surface area contributed by atoms with Crippen LogP contribution in [0.15, 0.2) is 45.9 Å². The Balaban J connectivity index is 1.85. The minimum absolute atomic E-state index is 0.114. The second-order valence-electron chi connectivity index (χ2n) is 5.80. The summed E-state index contributed by atoms with van der Waals surface area (Å²) >= 11 is 3.29. The first-order valence-corrected chi connectivity index (χ1v) is 10.3. The first kappa shape index (κ1) is 18.8. The normalized spacial score (nSPS) is 15.0. The molecule has 3 rings (SSSR count). The fourth-order valence-corrected chi connectivity index (χ4v) is 4.60. The van der Waals surface area contributed by atoms with Gasteiger partial charge in [0.2, 0.25) is 10.0 Å². The minimum atomic E-state index is -3.58. The molecule has 9 heteroatoms. The fraction of sp³-hybridized carbons (Fsp3) is 0.294. The predicted molar refractivity (Wildman–Crippen MR) is 101 cm³/mol. The third-order valence-electron chi connectivity index (χ3n) is 4.07. The van der Waals surface area contributed by atoms with E-state index in [2.05, 4.69) is 26.2 Å². The lowest BCUT2D eigenvalue weighted by Gasteiger charge is -2.16. The number of carbonyl (C=O) groups is 1. The quantitative estimate of drug-likeness (QED) is 0.773. The fourth-order valence-electron chi connectivity index (χ4n) is 2.73. The van der Waals surface area contributed by atoms with E-state index in [1.165, 1.54) is 29.7 Å². The molecule has 0 saturated carbocycles. The second-order valence-corrected chi connectivity index (χ2v) is 8.65. The maximum atomic E-state index is 12.7. The Bertz CT molecular complexity index is 927. The first-order chi connectivity index (χ1) is 12.4. The van der Waals surface area contributed by atoms with Crippen molar-refractivity contribution in [2.45, 2.75) is 17.7 Å². The molecule has 0 radical (unpaired) electrons. The molecule has 7 nitrogen and oxygen atoms in total. The van der Waals surface area contributed by atoms with Crippen molar-refractivity contribution in [1.29, 1.82) is 0 Å². The molecular weight excluding hydrogens is 422 g/mol. The molecule has 0 aliphatic carbocycles. The predicted octanol–water partition coefficient (Wildman–Crippen LogP) is 2.89. The van der Waals surface area contributed by atoms with E-state index in [1.807, 2.05) is 0 Å². The highest BCUT2D eigenvalue weighted by Gasteiger charge is 2.27. The maximum absolute atomic E-state index is 12.7. The van der Waals surface area contributed by atoms with Gasteiger partial charge in [0.25, 0.3) is 5.91 Å². The van der Waals surface area contributed by atoms with Gasteiger partial charge in [-0.3, -0.25) is 4.79 Å². The van der Waals surface area contributed by atoms with Crippen molar-refractivity contribution in [3.63, 3.8) is 0 Å². The molecule has 2 aromatic rings. The van der Waals surface area contributed by atoms with Gasteiger partial charge in [0, 0.05) is 29.3 Å². The van der Waals surface area contributed by atoms with Crippen molar-refractivity contribution in [3.05, 3.63) is 46.6 Å². The Labute approximate surface area is 160 Å². The summed E-state index contributed by atoms with van der Waals surface area (Å²) in [5.74, 6) is 0.193. The zero-order valence-corrected chi connectivity index (χ0v) is 16.5. The van der Waals surface area contributed by atoms with Crippen LogP contribution in [0.3, 0.4) is 0 Å². The van der Waals surface area contributed by atoms with Gasteiger partial charge in [-0.15, -0.1) is 0 Å². The van der Waals surface area contributed by atoms with E-state index in [1.54, 1.807) is 18.2 Å². The summed E-state index contributed by atoms with van der Waals surface area (Å²) in [6.45, 7) is 1.03. The highest BCUT2D eigenvalue weighted by molar-refractivity contribution is 9.10. The molecule has 1 aliphatic rings. The minimum Gasteiger partial charge on any atom is -0.493 e. The summed E-state index contributed by atoms with van der Waals surface area (Å²) in [5.41, 5.74) is 0.233. The smallest absolute Gasteiger partial charge is 0.256 e. The molecule has 1 aliphatic heterocycles. The summed E-state index contributed by atoms with van der Waals surface area (Å²) in [6, 6.07) is 7.68. The van der Waals surface area contributed by atoms with E-state index in [4.69, 9.17) is 4.74 Å². The Kier molecular flexibility index (Phi) is 5.59. The number of hydrogen-bond donors (Lipinski definition) is 1. The van der Waals surface area contributed by atoms with Gasteiger partial charge in [0.15, 0.2) is 11.6 Å². The molecule has 138 valence electrons. The van der Waals surface area contributed by atoms with E-state index in [0.29, 0.717) is 23.3 Å². The van der Waals surface area contributed by atoms with Crippen LogP contribution in [0.4, 0.5) is 5.82 Å². The van der Waals surface area contributed by atoms with Crippen molar-refractivity contribution in [3.8, 4) is 5.75 Å². The van der Waals surface area contributed by atoms with Crippen LogP contribution >= 0.6 is 15.9 Å². The van der Waals surface area contributed by atoms with E-state index in [9.17, 15) is 13.2 Å². The lowest BCUT2D eigenvalue weighted by atomic mass is 10.2. The number of carbonyl (C=O) groups excluding carboxylic acids is 1. The molecule has 26 heavy (non-hydrogen) atoms. The lowest BCUT2D eigenvalue weighted by molar-refractivity contribution is 0.102. The highest BCUT2D eigenvalue weighted by atomic mass is 79.9. The number of ether oxygens (including phenoxy) is 1. The molecule has 1 fully saturated rings. The number of pyridine rings is 1. The molecule has 1 aromatic heterocycles. The van der Waals surface area contributed by atoms with Crippen molar-refractivity contribution in [2.75, 3.05) is 25.5 Å². The Morgan fingerprint density at radius 3 is 2.69 bits per heavy atom. The van der Waals surface area contributed by atoms with Crippen LogP contribution in [0.5, 0.6) is 5.75 Å². The maximum Gasteiger partial charge on any atom is 0.256 e. The number of methoxy groups -OCH3 is 1. The van der Waals surface area contributed by atoms with Crippen LogP contribution in [-0.4, -0.2) is 43.8 Å². The summed E-state index contributed by atoms with van der Waals surface area (Å²) < 4.78 is 32.7. The summed E-state index contributed by atoms with van der Waals surface area (Å²) in [4.78, 5) is 16.8. The van der Waals surface area contributed by atoms with E-state index >= 15 is 0 Å². The van der Waals surface area contributed by atoms with Gasteiger partial charge in [-0.1, -0.05) is 6.07 Å². The van der Waals surface area contributed by atoms with Gasteiger partial charge in [0.1, 0.15) is 0 Å². The standard InChI is InChI=1S/C17H18BrN3O4S/c1-25-15-10-13(18)11-19-16(15)20-17(22)12-5-4-6-14(9-12)26(23,24)21-7-2-3-8-21/h4-6,9-11H,2-3,7-8H2,1H3,(H,19,20,22). The zero-order chi connectivity index (χ0) is 18.7. The van der Waals surface area contributed by atoms with Crippen molar-refractivity contribution < 1.29 is 17.9 Å². The van der Waals surface area contributed by atoms with Gasteiger partial charge >= 0.3 is 0 Å². The number of nitrogens with one attached hydrogen (secondary N) is 1. The number of aromatic nitrogens is 1. The van der Waals surface area contributed by atoms with Gasteiger partial charge in [0.05, 0.1) is 12.0 Å². The SMILES string of the molecule is COc1cc(Br)cnc1NC(=O)c1cccc(S(=O)(=O)N2CCCC2)c1. The molecule has 0 atom stereocenters. The number of halogens is 1. The van der Waals surface area contributed by atoms with Gasteiger partial charge < -0.3 is 10.1 Å². The van der Waals surface area contributed by atoms with Crippen LogP contribution in [0.1, 0.15) is 23.2 Å². The average molecular weight is 440 g/mol. The average Bonchev–Trinajstić information content (AvgIpc) is 3.18. The number of sulfonamides is 1. The van der Waals surface area contributed by atoms with Gasteiger partial charge in [-0.2, -0.15) is 4.31 Å². The van der Waals surface area contributed by atoms with E-state index in [-0.39, 0.29) is 16.3 Å². The Hall–Kier alpha value is -1.97. The monoisotopic (exact) mass is 439 g/mol. The molecule has 0 unspecified atom stereocenters. The third-order valence-corrected chi connectivity index (χ3v) is 6.40. The molecule has 2 heterocycles. The Morgan fingerprint density at radius 1 is 1.27 bits per heavy atom. The molecule has 1 saturated heterocycles. The molecule has 0 bridgehead atoms. The Morgan fingerprint density at radius 2 is 2.00 bits per heavy atom. The largest absolute Gasteiger partial charge is 0.493 e. The second kappa shape index (κ2) is 7.73. The molecule has 1 aromatic carbocycles. The van der Waals surface area contributed by atoms with Crippen LogP contribution < -0.4 is 10.1 Å². The van der Waals surface area contributed by atoms with E-state index < -0.39 is 15.9 Å². The first-order valence-electron chi connectivity index (χ1n) is 8.03. The number of rotatable bonds is 5. The summed E-state index contributed by atoms with van der Waals surface area (Å²) in [7, 11) is -2.10. The molecule has 1 N–H and O–H groups in total. The molecule has 0 spiro atoms. The lowest BCUT2D eigenvalue weighted by Crippen LogP contribution is -2.28. The van der Waals surface area contributed by atoms with Crippen LogP contribution in [0, 0.1) is 0 Å². The molecular formula is C17H18BrN3O4S. The number of hydrogen-bond acceptors (Lipinski definition) is 5. The number of anilines is 1. The van der Waals surface area contributed by atoms with Crippen molar-refractivity contribution in [2.24, 2.45) is 0 Å². The number of amides is 1. The van der Waals surface area contributed by atoms with Crippen LogP contribution in [0.25, 0.3) is 0 Å². The van der Waals surface area contributed by atoms with Crippen molar-refractivity contribution >= 4 is 37.7 Å². The third kappa shape index (κ3) is 3.89. The summed E-state index contributed by atoms with van der Waals surface area (Å²) in [6.07, 6.45) is 3.25. The molecule has 1 amide bonds. The van der Waals surface area contributed by atoms with Gasteiger partial charge in [-0.05, 0) is 53.0 Å². The topological polar surface area (TPSA) is 88.6 Å². The number of benzene rings is 1. The van der Waals surface area contributed by atoms with Crippen molar-refractivity contribution in [1.82, 2.24) is 9.29 Å².